The van der Waals surface area contributed by atoms with E-state index in [0.717, 1.165) is 3.57 Å². The number of ether oxygens (including phenoxy) is 2. The average molecular weight is 280 g/mol. The Bertz CT molecular complexity index is 286. The molecule has 0 heterocycles. The molecule has 1 aromatic rings. The number of rotatable bonds is 2. The van der Waals surface area contributed by atoms with Gasteiger partial charge in [-0.1, -0.05) is 0 Å². The van der Waals surface area contributed by atoms with Crippen molar-refractivity contribution in [3.05, 3.63) is 15.7 Å². The summed E-state index contributed by atoms with van der Waals surface area (Å²) in [6.45, 7) is 0. The van der Waals surface area contributed by atoms with Crippen LogP contribution in [0, 0.1) is 3.57 Å². The van der Waals surface area contributed by atoms with E-state index in [1.54, 1.807) is 13.2 Å². The Hall–Kier alpha value is -0.650. The minimum atomic E-state index is 0.178. The van der Waals surface area contributed by atoms with E-state index < -0.39 is 0 Å². The molecule has 1 rings (SSSR count). The molecule has 4 heteroatoms. The van der Waals surface area contributed by atoms with E-state index in [1.807, 2.05) is 0 Å². The molecule has 1 N–H and O–H groups in total. The van der Waals surface area contributed by atoms with Crippen LogP contribution in [0.2, 0.25) is 0 Å². The van der Waals surface area contributed by atoms with Gasteiger partial charge in [0.1, 0.15) is 5.75 Å². The van der Waals surface area contributed by atoms with Gasteiger partial charge >= 0.3 is 0 Å². The third kappa shape index (κ3) is 1.74. The lowest BCUT2D eigenvalue weighted by molar-refractivity contribution is 0.349. The fourth-order valence-corrected chi connectivity index (χ4v) is 1.71. The first-order chi connectivity index (χ1) is 5.69. The second-order valence-electron chi connectivity index (χ2n) is 2.16. The standard InChI is InChI=1S/C8H9IO3/c1-11-7-4-5(10)3-6(9)8(7)12-2/h3-4,10H,1-2H3. The Kier molecular flexibility index (Phi) is 3.02. The summed E-state index contributed by atoms with van der Waals surface area (Å²) in [5, 5.41) is 9.20. The lowest BCUT2D eigenvalue weighted by Crippen LogP contribution is -1.92. The van der Waals surface area contributed by atoms with Crippen molar-refractivity contribution in [2.24, 2.45) is 0 Å². The fourth-order valence-electron chi connectivity index (χ4n) is 0.904. The molecule has 0 aliphatic rings. The zero-order chi connectivity index (χ0) is 9.14. The summed E-state index contributed by atoms with van der Waals surface area (Å²) >= 11 is 2.07. The minimum absolute atomic E-state index is 0.178. The first-order valence-corrected chi connectivity index (χ1v) is 4.37. The molecule has 0 spiro atoms. The summed E-state index contributed by atoms with van der Waals surface area (Å²) in [5.41, 5.74) is 0. The summed E-state index contributed by atoms with van der Waals surface area (Å²) < 4.78 is 10.9. The van der Waals surface area contributed by atoms with Crippen LogP contribution in [-0.2, 0) is 0 Å². The molecular formula is C8H9IO3. The van der Waals surface area contributed by atoms with E-state index in [1.165, 1.54) is 13.2 Å². The normalized spacial score (nSPS) is 9.58. The van der Waals surface area contributed by atoms with Crippen molar-refractivity contribution in [2.75, 3.05) is 14.2 Å². The zero-order valence-corrected chi connectivity index (χ0v) is 8.95. The molecule has 66 valence electrons. The van der Waals surface area contributed by atoms with Crippen LogP contribution in [-0.4, -0.2) is 19.3 Å². The van der Waals surface area contributed by atoms with Gasteiger partial charge in [0.2, 0.25) is 0 Å². The number of halogens is 1. The highest BCUT2D eigenvalue weighted by Gasteiger charge is 2.09. The first-order valence-electron chi connectivity index (χ1n) is 3.29. The van der Waals surface area contributed by atoms with Crippen LogP contribution in [0.25, 0.3) is 0 Å². The van der Waals surface area contributed by atoms with Crippen LogP contribution >= 0.6 is 22.6 Å². The molecule has 0 saturated carbocycles. The maximum absolute atomic E-state index is 9.20. The third-order valence-electron chi connectivity index (χ3n) is 1.42. The quantitative estimate of drug-likeness (QED) is 0.842. The summed E-state index contributed by atoms with van der Waals surface area (Å²) in [6, 6.07) is 3.13. The fraction of sp³-hybridized carbons (Fsp3) is 0.250. The maximum atomic E-state index is 9.20. The summed E-state index contributed by atoms with van der Waals surface area (Å²) in [4.78, 5) is 0. The lowest BCUT2D eigenvalue weighted by atomic mass is 10.3. The van der Waals surface area contributed by atoms with Crippen molar-refractivity contribution < 1.29 is 14.6 Å². The SMILES string of the molecule is COc1cc(O)cc(I)c1OC. The average Bonchev–Trinajstić information content (AvgIpc) is 2.03. The van der Waals surface area contributed by atoms with Crippen LogP contribution < -0.4 is 9.47 Å². The van der Waals surface area contributed by atoms with Gasteiger partial charge in [-0.25, -0.2) is 0 Å². The Morgan fingerprint density at radius 3 is 2.42 bits per heavy atom. The van der Waals surface area contributed by atoms with E-state index in [-0.39, 0.29) is 5.75 Å². The van der Waals surface area contributed by atoms with E-state index in [2.05, 4.69) is 22.6 Å². The molecule has 3 nitrogen and oxygen atoms in total. The van der Waals surface area contributed by atoms with Crippen molar-refractivity contribution in [3.63, 3.8) is 0 Å². The number of phenolic OH excluding ortho intramolecular Hbond substituents is 1. The number of benzene rings is 1. The number of methoxy groups -OCH3 is 2. The molecule has 0 aliphatic carbocycles. The second kappa shape index (κ2) is 3.84. The monoisotopic (exact) mass is 280 g/mol. The van der Waals surface area contributed by atoms with Crippen LogP contribution in [0.15, 0.2) is 12.1 Å². The predicted molar refractivity (Wildman–Crippen MR) is 53.9 cm³/mol. The van der Waals surface area contributed by atoms with Gasteiger partial charge < -0.3 is 14.6 Å². The minimum Gasteiger partial charge on any atom is -0.508 e. The topological polar surface area (TPSA) is 38.7 Å². The van der Waals surface area contributed by atoms with Gasteiger partial charge in [0.05, 0.1) is 17.8 Å². The van der Waals surface area contributed by atoms with E-state index in [4.69, 9.17) is 9.47 Å². The molecule has 12 heavy (non-hydrogen) atoms. The highest BCUT2D eigenvalue weighted by molar-refractivity contribution is 14.1. The Morgan fingerprint density at radius 1 is 1.25 bits per heavy atom. The highest BCUT2D eigenvalue weighted by atomic mass is 127. The van der Waals surface area contributed by atoms with Gasteiger partial charge in [-0.3, -0.25) is 0 Å². The van der Waals surface area contributed by atoms with Crippen molar-refractivity contribution >= 4 is 22.6 Å². The highest BCUT2D eigenvalue weighted by Crippen LogP contribution is 2.35. The van der Waals surface area contributed by atoms with Crippen LogP contribution in [0.1, 0.15) is 0 Å². The van der Waals surface area contributed by atoms with Crippen LogP contribution in [0.3, 0.4) is 0 Å². The summed E-state index contributed by atoms with van der Waals surface area (Å²) in [6.07, 6.45) is 0. The number of aromatic hydroxyl groups is 1. The molecule has 0 aromatic heterocycles. The lowest BCUT2D eigenvalue weighted by Gasteiger charge is -2.09. The molecule has 1 aromatic carbocycles. The smallest absolute Gasteiger partial charge is 0.174 e. The van der Waals surface area contributed by atoms with Crippen LogP contribution in [0.5, 0.6) is 17.2 Å². The molecule has 0 atom stereocenters. The van der Waals surface area contributed by atoms with Gasteiger partial charge in [-0.05, 0) is 28.7 Å². The molecule has 0 saturated heterocycles. The van der Waals surface area contributed by atoms with Gasteiger partial charge in [0, 0.05) is 6.07 Å². The molecule has 0 bridgehead atoms. The maximum Gasteiger partial charge on any atom is 0.174 e. The van der Waals surface area contributed by atoms with Crippen molar-refractivity contribution in [1.82, 2.24) is 0 Å². The van der Waals surface area contributed by atoms with Crippen LogP contribution in [0.4, 0.5) is 0 Å². The second-order valence-corrected chi connectivity index (χ2v) is 3.33. The molecule has 0 fully saturated rings. The van der Waals surface area contributed by atoms with Crippen molar-refractivity contribution in [2.45, 2.75) is 0 Å². The molecule has 0 radical (unpaired) electrons. The Labute approximate surface area is 84.4 Å². The van der Waals surface area contributed by atoms with Crippen molar-refractivity contribution in [1.29, 1.82) is 0 Å². The molecule has 0 amide bonds. The van der Waals surface area contributed by atoms with E-state index >= 15 is 0 Å². The number of phenols is 1. The molecule has 0 unspecified atom stereocenters. The van der Waals surface area contributed by atoms with E-state index in [0.29, 0.717) is 11.5 Å². The zero-order valence-electron chi connectivity index (χ0n) is 6.80. The third-order valence-corrected chi connectivity index (χ3v) is 2.22. The van der Waals surface area contributed by atoms with Gasteiger partial charge in [0.15, 0.2) is 11.5 Å². The van der Waals surface area contributed by atoms with E-state index in [9.17, 15) is 5.11 Å². The first kappa shape index (κ1) is 9.44. The Balaban J connectivity index is 3.24. The number of hydrogen-bond donors (Lipinski definition) is 1. The number of hydrogen-bond acceptors (Lipinski definition) is 3. The van der Waals surface area contributed by atoms with Gasteiger partial charge in [-0.15, -0.1) is 0 Å². The van der Waals surface area contributed by atoms with Gasteiger partial charge in [0.25, 0.3) is 0 Å². The van der Waals surface area contributed by atoms with Crippen molar-refractivity contribution in [3.8, 4) is 17.2 Å². The Morgan fingerprint density at radius 2 is 1.92 bits per heavy atom. The summed E-state index contributed by atoms with van der Waals surface area (Å²) in [5.74, 6) is 1.37. The molecule has 0 aliphatic heterocycles. The molecular weight excluding hydrogens is 271 g/mol. The van der Waals surface area contributed by atoms with Gasteiger partial charge in [-0.2, -0.15) is 0 Å². The largest absolute Gasteiger partial charge is 0.508 e. The predicted octanol–water partition coefficient (Wildman–Crippen LogP) is 2.01. The summed E-state index contributed by atoms with van der Waals surface area (Å²) in [7, 11) is 3.10.